The van der Waals surface area contributed by atoms with Crippen LogP contribution in [0.5, 0.6) is 17.2 Å². The fourth-order valence-corrected chi connectivity index (χ4v) is 4.04. The molecule has 0 aromatic heterocycles. The Balaban J connectivity index is 1.50. The normalized spacial score (nSPS) is 11.0. The predicted molar refractivity (Wildman–Crippen MR) is 146 cm³/mol. The highest BCUT2D eigenvalue weighted by Gasteiger charge is 2.15. The van der Waals surface area contributed by atoms with Crippen LogP contribution in [-0.2, 0) is 11.4 Å². The van der Waals surface area contributed by atoms with Crippen molar-refractivity contribution in [1.82, 2.24) is 0 Å². The minimum atomic E-state index is -0.543. The molecule has 4 rings (SSSR count). The van der Waals surface area contributed by atoms with Crippen molar-refractivity contribution in [2.45, 2.75) is 13.5 Å². The minimum absolute atomic E-state index is 0.0863. The van der Waals surface area contributed by atoms with Crippen LogP contribution in [0.3, 0.4) is 0 Å². The van der Waals surface area contributed by atoms with Crippen molar-refractivity contribution in [3.05, 3.63) is 101 Å². The SMILES string of the molecule is CCOc1ccc(NC(=O)/C(C#N)=C/c2cc(Cl)c(OCc3ccc4ccccc4c3)c(OC)c2)cc1. The molecule has 1 amide bonds. The maximum Gasteiger partial charge on any atom is 0.266 e. The van der Waals surface area contributed by atoms with Gasteiger partial charge in [-0.15, -0.1) is 0 Å². The topological polar surface area (TPSA) is 80.6 Å². The Bertz CT molecular complexity index is 1490. The highest BCUT2D eigenvalue weighted by atomic mass is 35.5. The van der Waals surface area contributed by atoms with E-state index >= 15 is 0 Å². The Labute approximate surface area is 220 Å². The average molecular weight is 513 g/mol. The summed E-state index contributed by atoms with van der Waals surface area (Å²) in [5, 5.41) is 14.9. The lowest BCUT2D eigenvalue weighted by molar-refractivity contribution is -0.112. The van der Waals surface area contributed by atoms with E-state index in [2.05, 4.69) is 17.4 Å². The zero-order valence-corrected chi connectivity index (χ0v) is 21.2. The summed E-state index contributed by atoms with van der Waals surface area (Å²) in [5.41, 5.74) is 1.97. The van der Waals surface area contributed by atoms with Crippen LogP contribution in [0.2, 0.25) is 5.02 Å². The van der Waals surface area contributed by atoms with E-state index < -0.39 is 5.91 Å². The van der Waals surface area contributed by atoms with Crippen LogP contribution in [0.1, 0.15) is 18.1 Å². The molecule has 186 valence electrons. The monoisotopic (exact) mass is 512 g/mol. The van der Waals surface area contributed by atoms with Gasteiger partial charge in [0.15, 0.2) is 11.5 Å². The van der Waals surface area contributed by atoms with Gasteiger partial charge in [0, 0.05) is 5.69 Å². The summed E-state index contributed by atoms with van der Waals surface area (Å²) in [6, 6.07) is 26.4. The molecule has 7 heteroatoms. The second kappa shape index (κ2) is 12.0. The van der Waals surface area contributed by atoms with E-state index in [1.165, 1.54) is 13.2 Å². The second-order valence-electron chi connectivity index (χ2n) is 8.09. The summed E-state index contributed by atoms with van der Waals surface area (Å²) in [7, 11) is 1.51. The smallest absolute Gasteiger partial charge is 0.266 e. The molecule has 37 heavy (non-hydrogen) atoms. The van der Waals surface area contributed by atoms with Crippen molar-refractivity contribution in [2.75, 3.05) is 19.0 Å². The molecule has 4 aromatic rings. The third kappa shape index (κ3) is 6.40. The number of amides is 1. The summed E-state index contributed by atoms with van der Waals surface area (Å²) < 4.78 is 16.9. The van der Waals surface area contributed by atoms with Crippen molar-refractivity contribution < 1.29 is 19.0 Å². The Morgan fingerprint density at radius 1 is 1.00 bits per heavy atom. The van der Waals surface area contributed by atoms with Crippen molar-refractivity contribution >= 4 is 40.0 Å². The van der Waals surface area contributed by atoms with Gasteiger partial charge >= 0.3 is 0 Å². The highest BCUT2D eigenvalue weighted by Crippen LogP contribution is 2.37. The molecule has 0 unspecified atom stereocenters. The van der Waals surface area contributed by atoms with Gasteiger partial charge in [-0.1, -0.05) is 48.0 Å². The number of carbonyl (C=O) groups is 1. The highest BCUT2D eigenvalue weighted by molar-refractivity contribution is 6.32. The standard InChI is InChI=1S/C30H25ClN2O4/c1-3-36-26-12-10-25(11-13-26)33-30(34)24(18-32)15-21-16-27(31)29(28(17-21)35-2)37-19-20-8-9-22-6-4-5-7-23(22)14-20/h4-17H,3,19H2,1-2H3,(H,33,34)/b24-15+. The molecule has 0 heterocycles. The fourth-order valence-electron chi connectivity index (χ4n) is 3.76. The van der Waals surface area contributed by atoms with E-state index in [-0.39, 0.29) is 5.57 Å². The number of nitrogens with one attached hydrogen (secondary N) is 1. The Kier molecular flexibility index (Phi) is 8.29. The van der Waals surface area contributed by atoms with Gasteiger partial charge in [0.2, 0.25) is 0 Å². The predicted octanol–water partition coefficient (Wildman–Crippen LogP) is 7.03. The molecule has 0 fully saturated rings. The van der Waals surface area contributed by atoms with E-state index in [0.29, 0.717) is 46.7 Å². The van der Waals surface area contributed by atoms with Gasteiger partial charge in [0.25, 0.3) is 5.91 Å². The first-order chi connectivity index (χ1) is 18.0. The molecular formula is C30H25ClN2O4. The zero-order valence-electron chi connectivity index (χ0n) is 20.5. The van der Waals surface area contributed by atoms with Gasteiger partial charge < -0.3 is 19.5 Å². The third-order valence-corrected chi connectivity index (χ3v) is 5.83. The van der Waals surface area contributed by atoms with E-state index in [4.69, 9.17) is 25.8 Å². The lowest BCUT2D eigenvalue weighted by Crippen LogP contribution is -2.13. The number of nitrogens with zero attached hydrogens (tertiary/aromatic N) is 1. The van der Waals surface area contributed by atoms with Crippen molar-refractivity contribution in [3.8, 4) is 23.3 Å². The largest absolute Gasteiger partial charge is 0.494 e. The summed E-state index contributed by atoms with van der Waals surface area (Å²) in [6.45, 7) is 2.74. The molecule has 0 aliphatic heterocycles. The van der Waals surface area contributed by atoms with Crippen LogP contribution in [0.25, 0.3) is 16.8 Å². The first-order valence-corrected chi connectivity index (χ1v) is 12.0. The Hall–Kier alpha value is -4.47. The summed E-state index contributed by atoms with van der Waals surface area (Å²) in [6.07, 6.45) is 1.45. The molecule has 0 radical (unpaired) electrons. The molecule has 4 aromatic carbocycles. The first kappa shape index (κ1) is 25.6. The van der Waals surface area contributed by atoms with E-state index in [9.17, 15) is 10.1 Å². The van der Waals surface area contributed by atoms with Crippen molar-refractivity contribution in [1.29, 1.82) is 5.26 Å². The third-order valence-electron chi connectivity index (χ3n) is 5.55. The first-order valence-electron chi connectivity index (χ1n) is 11.6. The molecule has 1 N–H and O–H groups in total. The molecule has 0 bridgehead atoms. The number of rotatable bonds is 9. The fraction of sp³-hybridized carbons (Fsp3) is 0.133. The van der Waals surface area contributed by atoms with Crippen LogP contribution in [0, 0.1) is 11.3 Å². The maximum absolute atomic E-state index is 12.7. The van der Waals surface area contributed by atoms with Crippen LogP contribution < -0.4 is 19.5 Å². The Morgan fingerprint density at radius 2 is 1.76 bits per heavy atom. The molecule has 0 saturated heterocycles. The number of hydrogen-bond donors (Lipinski definition) is 1. The summed E-state index contributed by atoms with van der Waals surface area (Å²) in [4.78, 5) is 12.7. The van der Waals surface area contributed by atoms with Gasteiger partial charge in [-0.3, -0.25) is 4.79 Å². The number of nitriles is 1. The van der Waals surface area contributed by atoms with Gasteiger partial charge in [-0.05, 0) is 77.4 Å². The van der Waals surface area contributed by atoms with E-state index in [0.717, 1.165) is 16.3 Å². The number of halogens is 1. The Morgan fingerprint density at radius 3 is 2.46 bits per heavy atom. The number of hydrogen-bond acceptors (Lipinski definition) is 5. The molecule has 0 atom stereocenters. The van der Waals surface area contributed by atoms with Gasteiger partial charge in [0.05, 0.1) is 18.7 Å². The number of carbonyl (C=O) groups excluding carboxylic acids is 1. The van der Waals surface area contributed by atoms with Gasteiger partial charge in [0.1, 0.15) is 24.0 Å². The summed E-state index contributed by atoms with van der Waals surface area (Å²) in [5.74, 6) is 0.926. The molecule has 0 aliphatic carbocycles. The molecular weight excluding hydrogens is 488 g/mol. The molecule has 6 nitrogen and oxygen atoms in total. The lowest BCUT2D eigenvalue weighted by atomic mass is 10.1. The zero-order chi connectivity index (χ0) is 26.2. The van der Waals surface area contributed by atoms with E-state index in [1.54, 1.807) is 36.4 Å². The quantitative estimate of drug-likeness (QED) is 0.192. The van der Waals surface area contributed by atoms with Crippen LogP contribution in [0.4, 0.5) is 5.69 Å². The lowest BCUT2D eigenvalue weighted by Gasteiger charge is -2.14. The number of fused-ring (bicyclic) bond motifs is 1. The van der Waals surface area contributed by atoms with Gasteiger partial charge in [-0.25, -0.2) is 0 Å². The van der Waals surface area contributed by atoms with Gasteiger partial charge in [-0.2, -0.15) is 5.26 Å². The summed E-state index contributed by atoms with van der Waals surface area (Å²) >= 11 is 6.52. The van der Waals surface area contributed by atoms with Crippen LogP contribution >= 0.6 is 11.6 Å². The minimum Gasteiger partial charge on any atom is -0.494 e. The molecule has 0 saturated carbocycles. The number of ether oxygens (including phenoxy) is 3. The van der Waals surface area contributed by atoms with Crippen LogP contribution in [-0.4, -0.2) is 19.6 Å². The number of benzene rings is 4. The molecule has 0 spiro atoms. The van der Waals surface area contributed by atoms with Crippen molar-refractivity contribution in [3.63, 3.8) is 0 Å². The second-order valence-corrected chi connectivity index (χ2v) is 8.49. The maximum atomic E-state index is 12.7. The van der Waals surface area contributed by atoms with Crippen LogP contribution in [0.15, 0.2) is 84.4 Å². The van der Waals surface area contributed by atoms with Crippen molar-refractivity contribution in [2.24, 2.45) is 0 Å². The van der Waals surface area contributed by atoms with E-state index in [1.807, 2.05) is 43.3 Å². The average Bonchev–Trinajstić information content (AvgIpc) is 2.91. The number of anilines is 1. The molecule has 0 aliphatic rings. The number of methoxy groups -OCH3 is 1.